The molecule has 1 aliphatic carbocycles. The number of aryl methyl sites for hydroxylation is 1. The molecular weight excluding hydrogens is 272 g/mol. The van der Waals surface area contributed by atoms with Gasteiger partial charge in [0.05, 0.1) is 0 Å². The van der Waals surface area contributed by atoms with Crippen LogP contribution in [0.25, 0.3) is 10.9 Å². The van der Waals surface area contributed by atoms with E-state index in [0.717, 1.165) is 18.4 Å². The van der Waals surface area contributed by atoms with Crippen LogP contribution in [0.15, 0.2) is 30.5 Å². The Labute approximate surface area is 132 Å². The van der Waals surface area contributed by atoms with Crippen LogP contribution in [0.4, 0.5) is 0 Å². The van der Waals surface area contributed by atoms with E-state index in [4.69, 9.17) is 0 Å². The Balaban J connectivity index is 1.56. The maximum absolute atomic E-state index is 12.3. The average Bonchev–Trinajstić information content (AvgIpc) is 2.93. The van der Waals surface area contributed by atoms with Crippen LogP contribution in [0.2, 0.25) is 0 Å². The lowest BCUT2D eigenvalue weighted by Crippen LogP contribution is -2.43. The second-order valence-electron chi connectivity index (χ2n) is 6.80. The molecule has 1 aromatic carbocycles. The Bertz CT molecular complexity index is 646. The zero-order valence-corrected chi connectivity index (χ0v) is 13.6. The first kappa shape index (κ1) is 15.1. The van der Waals surface area contributed by atoms with E-state index in [2.05, 4.69) is 36.3 Å². The fourth-order valence-electron chi connectivity index (χ4n) is 3.65. The molecule has 22 heavy (non-hydrogen) atoms. The zero-order chi connectivity index (χ0) is 15.5. The maximum atomic E-state index is 12.3. The summed E-state index contributed by atoms with van der Waals surface area (Å²) in [4.78, 5) is 15.5. The van der Waals surface area contributed by atoms with Crippen molar-refractivity contribution in [2.24, 2.45) is 11.8 Å². The molecule has 0 aliphatic heterocycles. The molecule has 3 rings (SSSR count). The third kappa shape index (κ3) is 3.18. The monoisotopic (exact) mass is 298 g/mol. The van der Waals surface area contributed by atoms with Gasteiger partial charge in [0.25, 0.3) is 0 Å². The van der Waals surface area contributed by atoms with Gasteiger partial charge in [0.2, 0.25) is 5.91 Å². The first-order valence-electron chi connectivity index (χ1n) is 8.49. The summed E-state index contributed by atoms with van der Waals surface area (Å²) in [7, 11) is 0. The lowest BCUT2D eigenvalue weighted by molar-refractivity contribution is -0.122. The van der Waals surface area contributed by atoms with Crippen molar-refractivity contribution in [3.05, 3.63) is 36.0 Å². The highest BCUT2D eigenvalue weighted by Crippen LogP contribution is 2.29. The summed E-state index contributed by atoms with van der Waals surface area (Å²) in [6, 6.07) is 8.62. The quantitative estimate of drug-likeness (QED) is 0.879. The van der Waals surface area contributed by atoms with E-state index in [0.29, 0.717) is 24.3 Å². The Kier molecular flexibility index (Phi) is 4.51. The van der Waals surface area contributed by atoms with Crippen molar-refractivity contribution in [2.45, 2.75) is 52.0 Å². The molecule has 1 saturated carbocycles. The summed E-state index contributed by atoms with van der Waals surface area (Å²) >= 11 is 0. The summed E-state index contributed by atoms with van der Waals surface area (Å²) in [5.74, 6) is 1.50. The number of hydrogen-bond acceptors (Lipinski definition) is 1. The summed E-state index contributed by atoms with van der Waals surface area (Å²) in [6.45, 7) is 4.57. The number of carbonyl (C=O) groups excluding carboxylic acids is 1. The van der Waals surface area contributed by atoms with Crippen molar-refractivity contribution in [3.63, 3.8) is 0 Å². The molecule has 1 amide bonds. The molecule has 0 spiro atoms. The summed E-state index contributed by atoms with van der Waals surface area (Å²) in [5.41, 5.74) is 2.38. The van der Waals surface area contributed by atoms with Crippen LogP contribution in [0, 0.1) is 11.8 Å². The van der Waals surface area contributed by atoms with Crippen molar-refractivity contribution in [1.82, 2.24) is 10.3 Å². The molecule has 1 fully saturated rings. The number of amides is 1. The first-order chi connectivity index (χ1) is 10.6. The predicted octanol–water partition coefficient (Wildman–Crippen LogP) is 4.04. The zero-order valence-electron chi connectivity index (χ0n) is 13.6. The van der Waals surface area contributed by atoms with Gasteiger partial charge >= 0.3 is 0 Å². The number of aromatic nitrogens is 1. The third-order valence-electron chi connectivity index (χ3n) is 5.35. The molecular formula is C19H26N2O. The van der Waals surface area contributed by atoms with Gasteiger partial charge in [-0.1, -0.05) is 44.9 Å². The van der Waals surface area contributed by atoms with E-state index in [1.807, 2.05) is 18.3 Å². The molecule has 0 bridgehead atoms. The second kappa shape index (κ2) is 6.55. The van der Waals surface area contributed by atoms with Crippen LogP contribution in [0.3, 0.4) is 0 Å². The molecule has 3 atom stereocenters. The third-order valence-corrected chi connectivity index (χ3v) is 5.35. The highest BCUT2D eigenvalue weighted by molar-refractivity contribution is 5.84. The molecule has 1 aliphatic rings. The van der Waals surface area contributed by atoms with E-state index in [1.165, 1.54) is 23.8 Å². The highest BCUT2D eigenvalue weighted by atomic mass is 16.1. The van der Waals surface area contributed by atoms with Gasteiger partial charge in [0.15, 0.2) is 0 Å². The van der Waals surface area contributed by atoms with Crippen LogP contribution in [-0.2, 0) is 11.2 Å². The van der Waals surface area contributed by atoms with Crippen molar-refractivity contribution in [1.29, 1.82) is 0 Å². The first-order valence-corrected chi connectivity index (χ1v) is 8.49. The van der Waals surface area contributed by atoms with Gasteiger partial charge in [-0.3, -0.25) is 4.79 Å². The fraction of sp³-hybridized carbons (Fsp3) is 0.526. The normalized spacial score (nSPS) is 25.3. The van der Waals surface area contributed by atoms with E-state index in [-0.39, 0.29) is 5.91 Å². The van der Waals surface area contributed by atoms with E-state index in [1.54, 1.807) is 0 Å². The number of rotatable bonds is 4. The van der Waals surface area contributed by atoms with Gasteiger partial charge < -0.3 is 10.3 Å². The number of fused-ring (bicyclic) bond motifs is 1. The molecule has 0 radical (unpaired) electrons. The summed E-state index contributed by atoms with van der Waals surface area (Å²) in [5, 5.41) is 4.49. The van der Waals surface area contributed by atoms with Gasteiger partial charge in [-0.05, 0) is 36.3 Å². The van der Waals surface area contributed by atoms with Gasteiger partial charge in [-0.2, -0.15) is 0 Å². The van der Waals surface area contributed by atoms with E-state index in [9.17, 15) is 4.79 Å². The molecule has 3 nitrogen and oxygen atoms in total. The molecule has 3 unspecified atom stereocenters. The lowest BCUT2D eigenvalue weighted by atomic mass is 9.78. The lowest BCUT2D eigenvalue weighted by Gasteiger charge is -2.34. The number of hydrogen-bond donors (Lipinski definition) is 2. The van der Waals surface area contributed by atoms with Crippen molar-refractivity contribution in [3.8, 4) is 0 Å². The average molecular weight is 298 g/mol. The maximum Gasteiger partial charge on any atom is 0.220 e. The number of para-hydroxylation sites is 1. The van der Waals surface area contributed by atoms with E-state index >= 15 is 0 Å². The fourth-order valence-corrected chi connectivity index (χ4v) is 3.65. The van der Waals surface area contributed by atoms with Gasteiger partial charge in [-0.15, -0.1) is 0 Å². The molecule has 1 heterocycles. The Morgan fingerprint density at radius 3 is 2.95 bits per heavy atom. The Morgan fingerprint density at radius 1 is 1.27 bits per heavy atom. The second-order valence-corrected chi connectivity index (χ2v) is 6.80. The number of aromatic amines is 1. The largest absolute Gasteiger partial charge is 0.361 e. The Morgan fingerprint density at radius 2 is 2.09 bits per heavy atom. The van der Waals surface area contributed by atoms with Crippen LogP contribution < -0.4 is 5.32 Å². The number of H-pyrrole nitrogens is 1. The SMILES string of the molecule is CC1CCCC(NC(=O)CCc2c[nH]c3ccccc23)C1C. The summed E-state index contributed by atoms with van der Waals surface area (Å²) in [6.07, 6.45) is 7.06. The summed E-state index contributed by atoms with van der Waals surface area (Å²) < 4.78 is 0. The molecule has 3 heteroatoms. The van der Waals surface area contributed by atoms with Crippen LogP contribution >= 0.6 is 0 Å². The highest BCUT2D eigenvalue weighted by Gasteiger charge is 2.27. The minimum Gasteiger partial charge on any atom is -0.361 e. The number of nitrogens with one attached hydrogen (secondary N) is 2. The topological polar surface area (TPSA) is 44.9 Å². The van der Waals surface area contributed by atoms with Gasteiger partial charge in [0.1, 0.15) is 0 Å². The van der Waals surface area contributed by atoms with Gasteiger partial charge in [-0.25, -0.2) is 0 Å². The van der Waals surface area contributed by atoms with Crippen molar-refractivity contribution < 1.29 is 4.79 Å². The van der Waals surface area contributed by atoms with Crippen LogP contribution in [0.1, 0.15) is 45.1 Å². The molecule has 2 N–H and O–H groups in total. The minimum atomic E-state index is 0.191. The number of carbonyl (C=O) groups is 1. The molecule has 118 valence electrons. The van der Waals surface area contributed by atoms with Crippen LogP contribution in [-0.4, -0.2) is 16.9 Å². The standard InChI is InChI=1S/C19H26N2O/c1-13-6-5-9-17(14(13)2)21-19(22)11-10-15-12-20-18-8-4-3-7-16(15)18/h3-4,7-8,12-14,17,20H,5-6,9-11H2,1-2H3,(H,21,22). The van der Waals surface area contributed by atoms with Gasteiger partial charge in [0, 0.05) is 29.6 Å². The van der Waals surface area contributed by atoms with E-state index < -0.39 is 0 Å². The number of benzene rings is 1. The molecule has 1 aromatic heterocycles. The van der Waals surface area contributed by atoms with Crippen molar-refractivity contribution >= 4 is 16.8 Å². The molecule has 0 saturated heterocycles. The molecule has 2 aromatic rings. The predicted molar refractivity (Wildman–Crippen MR) is 90.7 cm³/mol. The van der Waals surface area contributed by atoms with Crippen LogP contribution in [0.5, 0.6) is 0 Å². The Hall–Kier alpha value is -1.77. The van der Waals surface area contributed by atoms with Crippen molar-refractivity contribution in [2.75, 3.05) is 0 Å². The minimum absolute atomic E-state index is 0.191. The smallest absolute Gasteiger partial charge is 0.220 e.